The second kappa shape index (κ2) is 4.90. The van der Waals surface area contributed by atoms with E-state index in [2.05, 4.69) is 17.5 Å². The molecule has 0 radical (unpaired) electrons. The van der Waals surface area contributed by atoms with E-state index in [0.717, 1.165) is 0 Å². The van der Waals surface area contributed by atoms with E-state index < -0.39 is 0 Å². The van der Waals surface area contributed by atoms with Crippen LogP contribution in [-0.2, 0) is 4.79 Å². The van der Waals surface area contributed by atoms with Gasteiger partial charge in [0.25, 0.3) is 0 Å². The van der Waals surface area contributed by atoms with Gasteiger partial charge >= 0.3 is 0 Å². The maximum absolute atomic E-state index is 11.1. The zero-order chi connectivity index (χ0) is 10.7. The van der Waals surface area contributed by atoms with Gasteiger partial charge in [-0.05, 0) is 23.5 Å². The Bertz CT molecular complexity index is 384. The summed E-state index contributed by atoms with van der Waals surface area (Å²) in [5, 5.41) is 2.49. The smallest absolute Gasteiger partial charge is 0.131 e. The molecule has 0 amide bonds. The minimum absolute atomic E-state index is 0.261. The average molecular weight is 236 g/mol. The van der Waals surface area contributed by atoms with Gasteiger partial charge in [-0.25, -0.2) is 0 Å². The summed E-state index contributed by atoms with van der Waals surface area (Å²) < 4.78 is 0. The summed E-state index contributed by atoms with van der Waals surface area (Å²) in [6, 6.07) is 10.3. The van der Waals surface area contributed by atoms with E-state index >= 15 is 0 Å². The second-order valence-electron chi connectivity index (χ2n) is 3.53. The van der Waals surface area contributed by atoms with Crippen LogP contribution in [0, 0.1) is 0 Å². The first-order chi connectivity index (χ1) is 7.27. The molecular weight excluding hydrogens is 224 g/mol. The molecule has 0 bridgehead atoms. The highest BCUT2D eigenvalue weighted by Crippen LogP contribution is 2.46. The van der Waals surface area contributed by atoms with Crippen LogP contribution in [-0.4, -0.2) is 11.0 Å². The summed E-state index contributed by atoms with van der Waals surface area (Å²) in [4.78, 5) is 11.1. The van der Waals surface area contributed by atoms with Crippen LogP contribution in [0.15, 0.2) is 35.7 Å². The van der Waals surface area contributed by atoms with Crippen LogP contribution in [0.2, 0.25) is 0 Å². The van der Waals surface area contributed by atoms with Crippen LogP contribution < -0.4 is 0 Å². The zero-order valence-electron chi connectivity index (χ0n) is 8.47. The topological polar surface area (TPSA) is 17.1 Å². The quantitative estimate of drug-likeness (QED) is 0.744. The van der Waals surface area contributed by atoms with Crippen molar-refractivity contribution in [2.45, 2.75) is 18.6 Å². The molecule has 1 heterocycles. The number of Topliss-reactive ketones (excluding diaryl/α,β-unsaturated/α-hetero) is 1. The van der Waals surface area contributed by atoms with Gasteiger partial charge in [-0.15, -0.1) is 0 Å². The van der Waals surface area contributed by atoms with Crippen molar-refractivity contribution in [3.05, 3.63) is 41.3 Å². The number of ketones is 1. The molecule has 78 valence electrons. The first-order valence-corrected chi connectivity index (χ1v) is 7.12. The van der Waals surface area contributed by atoms with E-state index in [9.17, 15) is 4.79 Å². The second-order valence-corrected chi connectivity index (χ2v) is 5.87. The number of carbonyl (C=O) groups is 1. The minimum atomic E-state index is 0.261. The van der Waals surface area contributed by atoms with Crippen LogP contribution in [0.3, 0.4) is 0 Å². The van der Waals surface area contributed by atoms with Crippen molar-refractivity contribution in [2.75, 3.05) is 0 Å². The van der Waals surface area contributed by atoms with Crippen molar-refractivity contribution in [1.29, 1.82) is 0 Å². The largest absolute Gasteiger partial charge is 0.300 e. The van der Waals surface area contributed by atoms with Gasteiger partial charge in [0.05, 0.1) is 0 Å². The van der Waals surface area contributed by atoms with Gasteiger partial charge in [0.2, 0.25) is 0 Å². The molecule has 3 heteroatoms. The SMILES string of the molecule is CC(=O)CC1SSC=C1c1ccccc1. The molecule has 0 N–H and O–H groups in total. The molecular formula is C12H12OS2. The fraction of sp³-hybridized carbons (Fsp3) is 0.250. The van der Waals surface area contributed by atoms with E-state index in [0.29, 0.717) is 11.7 Å². The lowest BCUT2D eigenvalue weighted by molar-refractivity contribution is -0.116. The first-order valence-electron chi connectivity index (χ1n) is 4.84. The van der Waals surface area contributed by atoms with E-state index in [1.807, 2.05) is 18.2 Å². The molecule has 0 aliphatic carbocycles. The van der Waals surface area contributed by atoms with Gasteiger partial charge in [-0.1, -0.05) is 51.9 Å². The molecule has 1 atom stereocenters. The van der Waals surface area contributed by atoms with E-state index in [1.165, 1.54) is 11.1 Å². The number of carbonyl (C=O) groups excluding carboxylic acids is 1. The maximum atomic E-state index is 11.1. The van der Waals surface area contributed by atoms with E-state index in [1.54, 1.807) is 28.5 Å². The third-order valence-corrected chi connectivity index (χ3v) is 4.71. The Morgan fingerprint density at radius 1 is 1.33 bits per heavy atom. The van der Waals surface area contributed by atoms with Crippen molar-refractivity contribution in [3.63, 3.8) is 0 Å². The van der Waals surface area contributed by atoms with Gasteiger partial charge in [0.15, 0.2) is 0 Å². The Balaban J connectivity index is 2.18. The normalized spacial score (nSPS) is 20.1. The van der Waals surface area contributed by atoms with Crippen molar-refractivity contribution in [1.82, 2.24) is 0 Å². The predicted octanol–water partition coefficient (Wildman–Crippen LogP) is 3.77. The number of hydrogen-bond acceptors (Lipinski definition) is 3. The van der Waals surface area contributed by atoms with Crippen molar-refractivity contribution in [3.8, 4) is 0 Å². The van der Waals surface area contributed by atoms with E-state index in [4.69, 9.17) is 0 Å². The molecule has 2 rings (SSSR count). The Hall–Kier alpha value is -0.670. The fourth-order valence-corrected chi connectivity index (χ4v) is 4.25. The lowest BCUT2D eigenvalue weighted by atomic mass is 10.0. The summed E-state index contributed by atoms with van der Waals surface area (Å²) in [6.07, 6.45) is 0.637. The maximum Gasteiger partial charge on any atom is 0.131 e. The number of rotatable bonds is 3. The molecule has 0 saturated heterocycles. The molecule has 0 aromatic heterocycles. The number of hydrogen-bond donors (Lipinski definition) is 0. The highest BCUT2D eigenvalue weighted by atomic mass is 33.1. The molecule has 1 aromatic carbocycles. The number of benzene rings is 1. The molecule has 15 heavy (non-hydrogen) atoms. The average Bonchev–Trinajstić information content (AvgIpc) is 2.66. The monoisotopic (exact) mass is 236 g/mol. The summed E-state index contributed by atoms with van der Waals surface area (Å²) in [7, 11) is 3.51. The lowest BCUT2D eigenvalue weighted by Crippen LogP contribution is -2.07. The van der Waals surface area contributed by atoms with Gasteiger partial charge < -0.3 is 0 Å². The van der Waals surface area contributed by atoms with Gasteiger partial charge in [-0.2, -0.15) is 0 Å². The highest BCUT2D eigenvalue weighted by Gasteiger charge is 2.23. The molecule has 0 saturated carbocycles. The first kappa shape index (κ1) is 10.8. The van der Waals surface area contributed by atoms with Gasteiger partial charge in [-0.3, -0.25) is 4.79 Å². The van der Waals surface area contributed by atoms with Crippen molar-refractivity contribution >= 4 is 32.9 Å². The standard InChI is InChI=1S/C12H12OS2/c1-9(13)7-12-11(8-14-15-12)10-5-3-2-4-6-10/h2-6,8,12H,7H2,1H3. The van der Waals surface area contributed by atoms with Crippen LogP contribution in [0.25, 0.3) is 5.57 Å². The molecule has 1 aliphatic rings. The highest BCUT2D eigenvalue weighted by molar-refractivity contribution is 8.78. The summed E-state index contributed by atoms with van der Waals surface area (Å²) >= 11 is 0. The van der Waals surface area contributed by atoms with E-state index in [-0.39, 0.29) is 5.78 Å². The predicted molar refractivity (Wildman–Crippen MR) is 68.7 cm³/mol. The molecule has 1 aromatic rings. The molecule has 0 spiro atoms. The third kappa shape index (κ3) is 2.67. The lowest BCUT2D eigenvalue weighted by Gasteiger charge is -2.11. The van der Waals surface area contributed by atoms with Crippen molar-refractivity contribution < 1.29 is 4.79 Å². The molecule has 1 nitrogen and oxygen atoms in total. The van der Waals surface area contributed by atoms with Crippen LogP contribution in [0.5, 0.6) is 0 Å². The summed E-state index contributed by atoms with van der Waals surface area (Å²) in [6.45, 7) is 1.66. The third-order valence-electron chi connectivity index (χ3n) is 2.27. The van der Waals surface area contributed by atoms with Crippen LogP contribution >= 0.6 is 21.6 Å². The Morgan fingerprint density at radius 3 is 2.73 bits per heavy atom. The molecule has 0 fully saturated rings. The summed E-state index contributed by atoms with van der Waals surface area (Å²) in [5.74, 6) is 0.261. The fourth-order valence-electron chi connectivity index (χ4n) is 1.56. The Labute approximate surface area is 97.7 Å². The molecule has 1 unspecified atom stereocenters. The Kier molecular flexibility index (Phi) is 3.54. The molecule has 1 aliphatic heterocycles. The van der Waals surface area contributed by atoms with Crippen molar-refractivity contribution in [2.24, 2.45) is 0 Å². The van der Waals surface area contributed by atoms with Crippen LogP contribution in [0.1, 0.15) is 18.9 Å². The van der Waals surface area contributed by atoms with Gasteiger partial charge in [0.1, 0.15) is 5.78 Å². The summed E-state index contributed by atoms with van der Waals surface area (Å²) in [5.41, 5.74) is 2.53. The van der Waals surface area contributed by atoms with Gasteiger partial charge in [0, 0.05) is 11.7 Å². The minimum Gasteiger partial charge on any atom is -0.300 e. The zero-order valence-corrected chi connectivity index (χ0v) is 10.1. The van der Waals surface area contributed by atoms with Crippen LogP contribution in [0.4, 0.5) is 0 Å². The Morgan fingerprint density at radius 2 is 2.07 bits per heavy atom.